The van der Waals surface area contributed by atoms with Gasteiger partial charge < -0.3 is 10.6 Å². The molecule has 1 aliphatic rings. The summed E-state index contributed by atoms with van der Waals surface area (Å²) in [4.78, 5) is 2.49. The van der Waals surface area contributed by atoms with Crippen molar-refractivity contribution in [3.63, 3.8) is 0 Å². The third kappa shape index (κ3) is 3.47. The van der Waals surface area contributed by atoms with Crippen LogP contribution in [-0.2, 0) is 6.54 Å². The molecule has 2 rings (SSSR count). The number of ether oxygens (including phenoxy) is 1. The molecule has 0 saturated carbocycles. The van der Waals surface area contributed by atoms with Gasteiger partial charge in [-0.2, -0.15) is 5.10 Å². The molecule has 0 atom stereocenters. The molecule has 0 aromatic heterocycles. The highest BCUT2D eigenvalue weighted by Crippen LogP contribution is 2.23. The fourth-order valence-electron chi connectivity index (χ4n) is 2.56. The van der Waals surface area contributed by atoms with Crippen LogP contribution < -0.4 is 10.6 Å². The fourth-order valence-corrected chi connectivity index (χ4v) is 2.56. The number of methoxy groups -OCH3 is 1. The Morgan fingerprint density at radius 1 is 1.32 bits per heavy atom. The Hall–Kier alpha value is -1.55. The summed E-state index contributed by atoms with van der Waals surface area (Å²) in [5.74, 6) is 6.30. The summed E-state index contributed by atoms with van der Waals surface area (Å²) in [7, 11) is 1.72. The highest BCUT2D eigenvalue weighted by atomic mass is 16.5. The van der Waals surface area contributed by atoms with Crippen LogP contribution >= 0.6 is 0 Å². The second-order valence-electron chi connectivity index (χ2n) is 5.08. The molecule has 0 spiro atoms. The second kappa shape index (κ2) is 6.57. The number of nitrogens with zero attached hydrogens (tertiary/aromatic N) is 2. The molecule has 1 aromatic carbocycles. The van der Waals surface area contributed by atoms with Crippen molar-refractivity contribution in [2.24, 2.45) is 10.9 Å². The van der Waals surface area contributed by atoms with Crippen LogP contribution in [0.1, 0.15) is 37.3 Å². The molecule has 1 aliphatic heterocycles. The lowest BCUT2D eigenvalue weighted by Gasteiger charge is -2.27. The minimum atomic E-state index is 0.850. The molecule has 0 amide bonds. The van der Waals surface area contributed by atoms with Crippen LogP contribution in [0.2, 0.25) is 0 Å². The number of hydrogen-bond donors (Lipinski definition) is 1. The molecule has 1 heterocycles. The van der Waals surface area contributed by atoms with E-state index in [4.69, 9.17) is 10.6 Å². The van der Waals surface area contributed by atoms with Gasteiger partial charge in [0.05, 0.1) is 12.8 Å². The summed E-state index contributed by atoms with van der Waals surface area (Å²) in [6.45, 7) is 5.22. The standard InChI is InChI=1S/C15H23N3O/c1-12(17-16)13-6-7-15(19-2)14(10-13)11-18-8-4-3-5-9-18/h6-7,10H,3-5,8-9,11,16H2,1-2H3/b17-12+. The van der Waals surface area contributed by atoms with Gasteiger partial charge in [0.2, 0.25) is 0 Å². The first-order valence-corrected chi connectivity index (χ1v) is 6.88. The van der Waals surface area contributed by atoms with Gasteiger partial charge in [-0.3, -0.25) is 4.90 Å². The summed E-state index contributed by atoms with van der Waals surface area (Å²) >= 11 is 0. The molecule has 4 heteroatoms. The number of benzene rings is 1. The van der Waals surface area contributed by atoms with E-state index in [0.29, 0.717) is 0 Å². The van der Waals surface area contributed by atoms with E-state index in [0.717, 1.165) is 23.6 Å². The van der Waals surface area contributed by atoms with E-state index in [-0.39, 0.29) is 0 Å². The second-order valence-corrected chi connectivity index (χ2v) is 5.08. The molecule has 2 N–H and O–H groups in total. The predicted octanol–water partition coefficient (Wildman–Crippen LogP) is 2.36. The average Bonchev–Trinajstić information content (AvgIpc) is 2.47. The SMILES string of the molecule is COc1ccc(/C(C)=N/N)cc1CN1CCCCC1. The molecule has 104 valence electrons. The monoisotopic (exact) mass is 261 g/mol. The lowest BCUT2D eigenvalue weighted by molar-refractivity contribution is 0.218. The maximum atomic E-state index is 5.46. The number of hydrazone groups is 1. The molecule has 0 radical (unpaired) electrons. The Bertz CT molecular complexity index is 451. The summed E-state index contributed by atoms with van der Waals surface area (Å²) < 4.78 is 5.46. The Kier molecular flexibility index (Phi) is 4.80. The molecule has 1 aromatic rings. The van der Waals surface area contributed by atoms with Crippen molar-refractivity contribution < 1.29 is 4.74 Å². The Morgan fingerprint density at radius 3 is 2.68 bits per heavy atom. The third-order valence-corrected chi connectivity index (χ3v) is 3.73. The van der Waals surface area contributed by atoms with Gasteiger partial charge in [0.15, 0.2) is 0 Å². The number of nitrogens with two attached hydrogens (primary N) is 1. The van der Waals surface area contributed by atoms with Crippen LogP contribution in [0.3, 0.4) is 0 Å². The molecule has 4 nitrogen and oxygen atoms in total. The first-order valence-electron chi connectivity index (χ1n) is 6.88. The lowest BCUT2D eigenvalue weighted by atomic mass is 10.0. The van der Waals surface area contributed by atoms with E-state index < -0.39 is 0 Å². The molecule has 0 unspecified atom stereocenters. The topological polar surface area (TPSA) is 50.9 Å². The van der Waals surface area contributed by atoms with Gasteiger partial charge in [-0.15, -0.1) is 0 Å². The van der Waals surface area contributed by atoms with Crippen molar-refractivity contribution in [2.75, 3.05) is 20.2 Å². The first-order chi connectivity index (χ1) is 9.24. The van der Waals surface area contributed by atoms with Crippen molar-refractivity contribution >= 4 is 5.71 Å². The Morgan fingerprint density at radius 2 is 2.05 bits per heavy atom. The fraction of sp³-hybridized carbons (Fsp3) is 0.533. The maximum absolute atomic E-state index is 5.46. The molecular weight excluding hydrogens is 238 g/mol. The highest BCUT2D eigenvalue weighted by Gasteiger charge is 2.14. The lowest BCUT2D eigenvalue weighted by Crippen LogP contribution is -2.29. The largest absolute Gasteiger partial charge is 0.496 e. The number of hydrogen-bond acceptors (Lipinski definition) is 4. The summed E-state index contributed by atoms with van der Waals surface area (Å²) in [5.41, 5.74) is 3.13. The predicted molar refractivity (Wildman–Crippen MR) is 78.5 cm³/mol. The molecular formula is C15H23N3O. The normalized spacial score (nSPS) is 17.5. The van der Waals surface area contributed by atoms with E-state index in [1.165, 1.54) is 37.9 Å². The van der Waals surface area contributed by atoms with E-state index in [1.54, 1.807) is 7.11 Å². The van der Waals surface area contributed by atoms with Crippen molar-refractivity contribution in [3.05, 3.63) is 29.3 Å². The third-order valence-electron chi connectivity index (χ3n) is 3.73. The van der Waals surface area contributed by atoms with Crippen LogP contribution in [0.5, 0.6) is 5.75 Å². The highest BCUT2D eigenvalue weighted by molar-refractivity contribution is 5.98. The van der Waals surface area contributed by atoms with E-state index in [9.17, 15) is 0 Å². The average molecular weight is 261 g/mol. The molecule has 0 bridgehead atoms. The van der Waals surface area contributed by atoms with Crippen LogP contribution in [-0.4, -0.2) is 30.8 Å². The van der Waals surface area contributed by atoms with Crippen LogP contribution in [0.4, 0.5) is 0 Å². The van der Waals surface area contributed by atoms with Crippen molar-refractivity contribution in [2.45, 2.75) is 32.7 Å². The molecule has 0 aliphatic carbocycles. The summed E-state index contributed by atoms with van der Waals surface area (Å²) in [5, 5.41) is 3.76. The molecule has 19 heavy (non-hydrogen) atoms. The van der Waals surface area contributed by atoms with Gasteiger partial charge in [0.1, 0.15) is 5.75 Å². The Labute approximate surface area is 115 Å². The van der Waals surface area contributed by atoms with Gasteiger partial charge in [0, 0.05) is 12.1 Å². The van der Waals surface area contributed by atoms with Crippen LogP contribution in [0.25, 0.3) is 0 Å². The van der Waals surface area contributed by atoms with Gasteiger partial charge in [-0.25, -0.2) is 0 Å². The van der Waals surface area contributed by atoms with Crippen LogP contribution in [0.15, 0.2) is 23.3 Å². The quantitative estimate of drug-likeness (QED) is 0.514. The van der Waals surface area contributed by atoms with Crippen molar-refractivity contribution in [3.8, 4) is 5.75 Å². The summed E-state index contributed by atoms with van der Waals surface area (Å²) in [6.07, 6.45) is 3.95. The minimum absolute atomic E-state index is 0.850. The molecule has 1 fully saturated rings. The zero-order valence-electron chi connectivity index (χ0n) is 11.9. The minimum Gasteiger partial charge on any atom is -0.496 e. The van der Waals surface area contributed by atoms with Gasteiger partial charge in [-0.05, 0) is 56.6 Å². The van der Waals surface area contributed by atoms with E-state index in [2.05, 4.69) is 16.1 Å². The first kappa shape index (κ1) is 13.9. The maximum Gasteiger partial charge on any atom is 0.123 e. The zero-order valence-corrected chi connectivity index (χ0v) is 11.9. The van der Waals surface area contributed by atoms with Crippen molar-refractivity contribution in [1.82, 2.24) is 4.90 Å². The van der Waals surface area contributed by atoms with Gasteiger partial charge in [-0.1, -0.05) is 6.42 Å². The smallest absolute Gasteiger partial charge is 0.123 e. The number of likely N-dealkylation sites (tertiary alicyclic amines) is 1. The Balaban J connectivity index is 2.20. The zero-order chi connectivity index (χ0) is 13.7. The number of rotatable bonds is 4. The van der Waals surface area contributed by atoms with Crippen molar-refractivity contribution in [1.29, 1.82) is 0 Å². The molecule has 1 saturated heterocycles. The number of piperidine rings is 1. The summed E-state index contributed by atoms with van der Waals surface area (Å²) in [6, 6.07) is 6.15. The van der Waals surface area contributed by atoms with Gasteiger partial charge in [0.25, 0.3) is 0 Å². The van der Waals surface area contributed by atoms with Gasteiger partial charge >= 0.3 is 0 Å². The van der Waals surface area contributed by atoms with E-state index in [1.807, 2.05) is 19.1 Å². The van der Waals surface area contributed by atoms with Crippen LogP contribution in [0, 0.1) is 0 Å². The van der Waals surface area contributed by atoms with E-state index >= 15 is 0 Å².